The second kappa shape index (κ2) is 13.4. The first-order valence-corrected chi connectivity index (χ1v) is 13.5. The maximum atomic E-state index is 13.5. The van der Waals surface area contributed by atoms with E-state index in [9.17, 15) is 4.79 Å². The first-order chi connectivity index (χ1) is 18.6. The Morgan fingerprint density at radius 1 is 1.03 bits per heavy atom. The number of hydrogen-bond acceptors (Lipinski definition) is 7. The zero-order valence-electron chi connectivity index (χ0n) is 21.7. The lowest BCUT2D eigenvalue weighted by atomic mass is 10.1. The van der Waals surface area contributed by atoms with Crippen molar-refractivity contribution in [1.29, 1.82) is 5.26 Å². The Morgan fingerprint density at radius 2 is 1.68 bits per heavy atom. The van der Waals surface area contributed by atoms with Crippen molar-refractivity contribution in [3.63, 3.8) is 0 Å². The van der Waals surface area contributed by atoms with Gasteiger partial charge in [-0.05, 0) is 81.1 Å². The van der Waals surface area contributed by atoms with E-state index >= 15 is 0 Å². The molecule has 8 nitrogen and oxygen atoms in total. The number of hydrogen-bond donors (Lipinski definition) is 0. The number of carbonyl (C=O) groups is 1. The lowest BCUT2D eigenvalue weighted by molar-refractivity contribution is 0.0963. The molecule has 2 aromatic carbocycles. The molecule has 196 valence electrons. The second-order valence-electron chi connectivity index (χ2n) is 8.70. The molecule has 0 aliphatic heterocycles. The number of carbonyl (C=O) groups excluding carboxylic acids is 1. The van der Waals surface area contributed by atoms with Gasteiger partial charge < -0.3 is 9.47 Å². The van der Waals surface area contributed by atoms with Gasteiger partial charge in [0.25, 0.3) is 5.91 Å². The minimum atomic E-state index is -0.0889. The summed E-state index contributed by atoms with van der Waals surface area (Å²) in [6.07, 6.45) is 8.74. The molecular formula is C29H31N5O3S. The third-order valence-electron chi connectivity index (χ3n) is 5.80. The fraction of sp³-hybridized carbons (Fsp3) is 0.310. The minimum absolute atomic E-state index is 0.0889. The van der Waals surface area contributed by atoms with Gasteiger partial charge in [-0.15, -0.1) is 11.3 Å². The number of rotatable bonds is 13. The fourth-order valence-corrected chi connectivity index (χ4v) is 4.79. The first-order valence-electron chi connectivity index (χ1n) is 12.7. The Hall–Kier alpha value is -4.16. The Morgan fingerprint density at radius 3 is 2.26 bits per heavy atom. The van der Waals surface area contributed by atoms with Crippen LogP contribution in [0.4, 0.5) is 0 Å². The number of aromatic nitrogens is 3. The van der Waals surface area contributed by atoms with Gasteiger partial charge in [-0.1, -0.05) is 6.92 Å². The zero-order chi connectivity index (χ0) is 26.7. The van der Waals surface area contributed by atoms with Gasteiger partial charge >= 0.3 is 0 Å². The van der Waals surface area contributed by atoms with Crippen molar-refractivity contribution >= 4 is 17.2 Å². The molecule has 38 heavy (non-hydrogen) atoms. The average Bonchev–Trinajstić information content (AvgIpc) is 3.62. The van der Waals surface area contributed by atoms with E-state index in [0.717, 1.165) is 47.8 Å². The Labute approximate surface area is 227 Å². The van der Waals surface area contributed by atoms with Crippen LogP contribution in [0.2, 0.25) is 0 Å². The van der Waals surface area contributed by atoms with E-state index < -0.39 is 0 Å². The predicted molar refractivity (Wildman–Crippen MR) is 148 cm³/mol. The summed E-state index contributed by atoms with van der Waals surface area (Å²) < 4.78 is 13.4. The number of benzene rings is 2. The van der Waals surface area contributed by atoms with Gasteiger partial charge in [0.05, 0.1) is 35.5 Å². The molecule has 4 aromatic rings. The normalized spacial score (nSPS) is 10.7. The average molecular weight is 530 g/mol. The molecule has 2 aromatic heterocycles. The van der Waals surface area contributed by atoms with Crippen LogP contribution in [-0.2, 0) is 0 Å². The number of thiazole rings is 1. The van der Waals surface area contributed by atoms with Gasteiger partial charge in [-0.3, -0.25) is 4.79 Å². The van der Waals surface area contributed by atoms with Crippen LogP contribution >= 0.6 is 11.3 Å². The van der Waals surface area contributed by atoms with E-state index in [2.05, 4.69) is 16.0 Å². The van der Waals surface area contributed by atoms with Gasteiger partial charge in [0, 0.05) is 24.5 Å². The van der Waals surface area contributed by atoms with Gasteiger partial charge in [-0.25, -0.2) is 19.7 Å². The standard InChI is InChI=1S/C29H31N5O3S/c1-3-16-34(33-17-15-31-21-33)29(35)28-27(32-22(2)38-28)24-9-13-26(14-10-24)37-19-6-4-5-18-36-25-11-7-23(20-30)8-12-25/h7-15,17,21H,3-6,16,18-19H2,1-2H3. The SMILES string of the molecule is CCCN(C(=O)c1sc(C)nc1-c1ccc(OCCCCCOc2ccc(C#N)cc2)cc1)n1ccnc1. The lowest BCUT2D eigenvalue weighted by Gasteiger charge is -2.22. The molecule has 4 rings (SSSR count). The van der Waals surface area contributed by atoms with Crippen LogP contribution in [0.15, 0.2) is 67.3 Å². The highest BCUT2D eigenvalue weighted by atomic mass is 32.1. The highest BCUT2D eigenvalue weighted by Crippen LogP contribution is 2.30. The van der Waals surface area contributed by atoms with Crippen molar-refractivity contribution in [3.8, 4) is 28.8 Å². The molecule has 9 heteroatoms. The van der Waals surface area contributed by atoms with Crippen LogP contribution in [0.25, 0.3) is 11.3 Å². The molecule has 0 saturated carbocycles. The number of unbranched alkanes of at least 4 members (excludes halogenated alkanes) is 2. The first kappa shape index (κ1) is 26.9. The monoisotopic (exact) mass is 529 g/mol. The highest BCUT2D eigenvalue weighted by Gasteiger charge is 2.24. The molecule has 0 fully saturated rings. The largest absolute Gasteiger partial charge is 0.494 e. The van der Waals surface area contributed by atoms with Crippen molar-refractivity contribution in [1.82, 2.24) is 14.6 Å². The Bertz CT molecular complexity index is 1340. The molecule has 0 bridgehead atoms. The zero-order valence-corrected chi connectivity index (χ0v) is 22.5. The molecule has 0 atom stereocenters. The fourth-order valence-electron chi connectivity index (χ4n) is 3.91. The molecule has 0 N–H and O–H groups in total. The summed E-state index contributed by atoms with van der Waals surface area (Å²) in [6.45, 7) is 5.79. The molecule has 0 aliphatic rings. The maximum Gasteiger partial charge on any atom is 0.285 e. The molecule has 0 aliphatic carbocycles. The Kier molecular flexibility index (Phi) is 9.48. The lowest BCUT2D eigenvalue weighted by Crippen LogP contribution is -2.40. The number of nitrogens with zero attached hydrogens (tertiary/aromatic N) is 5. The predicted octanol–water partition coefficient (Wildman–Crippen LogP) is 6.00. The van der Waals surface area contributed by atoms with Gasteiger partial charge in [-0.2, -0.15) is 5.26 Å². The van der Waals surface area contributed by atoms with Crippen molar-refractivity contribution < 1.29 is 14.3 Å². The molecule has 1 amide bonds. The molecule has 0 spiro atoms. The van der Waals surface area contributed by atoms with Crippen LogP contribution in [0.3, 0.4) is 0 Å². The summed E-state index contributed by atoms with van der Waals surface area (Å²) >= 11 is 1.41. The Balaban J connectivity index is 1.27. The van der Waals surface area contributed by atoms with Crippen LogP contribution in [-0.4, -0.2) is 40.3 Å². The highest BCUT2D eigenvalue weighted by molar-refractivity contribution is 7.14. The minimum Gasteiger partial charge on any atom is -0.494 e. The summed E-state index contributed by atoms with van der Waals surface area (Å²) in [7, 11) is 0. The van der Waals surface area contributed by atoms with E-state index in [1.54, 1.807) is 40.5 Å². The summed E-state index contributed by atoms with van der Waals surface area (Å²) in [6, 6.07) is 17.0. The van der Waals surface area contributed by atoms with E-state index in [1.165, 1.54) is 11.3 Å². The van der Waals surface area contributed by atoms with Crippen molar-refractivity contribution in [2.45, 2.75) is 39.5 Å². The van der Waals surface area contributed by atoms with Crippen LogP contribution in [0, 0.1) is 18.3 Å². The van der Waals surface area contributed by atoms with Crippen molar-refractivity contribution in [2.24, 2.45) is 0 Å². The summed E-state index contributed by atoms with van der Waals surface area (Å²) in [4.78, 5) is 22.8. The number of imidazole rings is 1. The summed E-state index contributed by atoms with van der Waals surface area (Å²) in [5.41, 5.74) is 2.20. The van der Waals surface area contributed by atoms with Gasteiger partial charge in [0.1, 0.15) is 22.7 Å². The van der Waals surface area contributed by atoms with Gasteiger partial charge in [0.15, 0.2) is 0 Å². The van der Waals surface area contributed by atoms with E-state index in [4.69, 9.17) is 14.7 Å². The van der Waals surface area contributed by atoms with Crippen LogP contribution in [0.5, 0.6) is 11.5 Å². The second-order valence-corrected chi connectivity index (χ2v) is 9.90. The number of nitriles is 1. The van der Waals surface area contributed by atoms with Crippen molar-refractivity contribution in [2.75, 3.05) is 24.8 Å². The van der Waals surface area contributed by atoms with Crippen LogP contribution in [0.1, 0.15) is 52.8 Å². The third-order valence-corrected chi connectivity index (χ3v) is 6.76. The van der Waals surface area contributed by atoms with E-state index in [1.807, 2.05) is 50.2 Å². The molecule has 0 radical (unpaired) electrons. The number of aryl methyl sites for hydroxylation is 1. The summed E-state index contributed by atoms with van der Waals surface area (Å²) in [5.74, 6) is 1.47. The molecule has 0 saturated heterocycles. The van der Waals surface area contributed by atoms with E-state index in [-0.39, 0.29) is 5.91 Å². The smallest absolute Gasteiger partial charge is 0.285 e. The topological polar surface area (TPSA) is 93.3 Å². The maximum absolute atomic E-state index is 13.5. The van der Waals surface area contributed by atoms with Crippen LogP contribution < -0.4 is 14.5 Å². The van der Waals surface area contributed by atoms with Gasteiger partial charge in [0.2, 0.25) is 0 Å². The summed E-state index contributed by atoms with van der Waals surface area (Å²) in [5, 5.41) is 11.4. The van der Waals surface area contributed by atoms with E-state index in [0.29, 0.717) is 35.9 Å². The quantitative estimate of drug-likeness (QED) is 0.197. The molecule has 2 heterocycles. The molecular weight excluding hydrogens is 498 g/mol. The van der Waals surface area contributed by atoms with Crippen molar-refractivity contribution in [3.05, 3.63) is 82.7 Å². The molecule has 0 unspecified atom stereocenters. The number of ether oxygens (including phenoxy) is 2. The number of amides is 1. The third kappa shape index (κ3) is 6.99.